The van der Waals surface area contributed by atoms with Crippen LogP contribution in [0.5, 0.6) is 0 Å². The van der Waals surface area contributed by atoms with Gasteiger partial charge in [-0.25, -0.2) is 0 Å². The van der Waals surface area contributed by atoms with Crippen LogP contribution < -0.4 is 5.32 Å². The lowest BCUT2D eigenvalue weighted by molar-refractivity contribution is 0.275. The van der Waals surface area contributed by atoms with Crippen molar-refractivity contribution in [3.05, 3.63) is 0 Å². The van der Waals surface area contributed by atoms with E-state index in [0.717, 1.165) is 6.54 Å². The van der Waals surface area contributed by atoms with Crippen LogP contribution in [0.2, 0.25) is 0 Å². The number of hydrogen-bond acceptors (Lipinski definition) is 2. The lowest BCUT2D eigenvalue weighted by Gasteiger charge is -2.29. The van der Waals surface area contributed by atoms with Crippen molar-refractivity contribution < 1.29 is 0 Å². The van der Waals surface area contributed by atoms with Gasteiger partial charge in [0.2, 0.25) is 0 Å². The van der Waals surface area contributed by atoms with Crippen molar-refractivity contribution in [2.45, 2.75) is 53.5 Å². The highest BCUT2D eigenvalue weighted by Crippen LogP contribution is 2.26. The maximum absolute atomic E-state index is 3.55. The van der Waals surface area contributed by atoms with Gasteiger partial charge in [0.25, 0.3) is 0 Å². The van der Waals surface area contributed by atoms with Gasteiger partial charge in [-0.2, -0.15) is 11.8 Å². The van der Waals surface area contributed by atoms with Crippen LogP contribution in [0.15, 0.2) is 0 Å². The molecule has 0 aromatic heterocycles. The van der Waals surface area contributed by atoms with Crippen LogP contribution in [0.3, 0.4) is 0 Å². The third-order valence-electron chi connectivity index (χ3n) is 2.84. The Labute approximate surface area is 94.4 Å². The average Bonchev–Trinajstić information content (AvgIpc) is 2.15. The first-order valence-electron chi connectivity index (χ1n) is 5.85. The molecule has 0 aliphatic heterocycles. The number of hydrogen-bond donors (Lipinski definition) is 1. The fourth-order valence-electron chi connectivity index (χ4n) is 1.30. The molecule has 0 amide bonds. The fraction of sp³-hybridized carbons (Fsp3) is 1.00. The Balaban J connectivity index is 3.79. The van der Waals surface area contributed by atoms with Gasteiger partial charge < -0.3 is 5.32 Å². The Kier molecular flexibility index (Phi) is 7.75. The normalized spacial score (nSPS) is 15.9. The zero-order valence-corrected chi connectivity index (χ0v) is 11.3. The van der Waals surface area contributed by atoms with Gasteiger partial charge in [0.05, 0.1) is 0 Å². The lowest BCUT2D eigenvalue weighted by atomic mass is 9.84. The van der Waals surface area contributed by atoms with Crippen LogP contribution in [0.1, 0.15) is 47.5 Å². The van der Waals surface area contributed by atoms with Crippen molar-refractivity contribution in [3.63, 3.8) is 0 Å². The van der Waals surface area contributed by atoms with Crippen LogP contribution in [0, 0.1) is 5.41 Å². The summed E-state index contributed by atoms with van der Waals surface area (Å²) in [5, 5.41) is 3.55. The Morgan fingerprint density at radius 3 is 2.36 bits per heavy atom. The molecule has 14 heavy (non-hydrogen) atoms. The molecule has 1 nitrogen and oxygen atoms in total. The first-order valence-corrected chi connectivity index (χ1v) is 7.00. The predicted octanol–water partition coefficient (Wildman–Crippen LogP) is 3.54. The summed E-state index contributed by atoms with van der Waals surface area (Å²) < 4.78 is 0. The van der Waals surface area contributed by atoms with E-state index in [9.17, 15) is 0 Å². The van der Waals surface area contributed by atoms with Crippen molar-refractivity contribution in [3.8, 4) is 0 Å². The second kappa shape index (κ2) is 7.58. The SMILES string of the molecule is CCSCCC(C)(CC)CNC(C)C. The van der Waals surface area contributed by atoms with Crippen LogP contribution >= 0.6 is 11.8 Å². The smallest absolute Gasteiger partial charge is 0.00106 e. The molecule has 0 saturated heterocycles. The van der Waals surface area contributed by atoms with E-state index in [4.69, 9.17) is 0 Å². The van der Waals surface area contributed by atoms with Gasteiger partial charge in [-0.15, -0.1) is 0 Å². The van der Waals surface area contributed by atoms with Gasteiger partial charge in [0.1, 0.15) is 0 Å². The third kappa shape index (κ3) is 6.72. The van der Waals surface area contributed by atoms with Crippen molar-refractivity contribution >= 4 is 11.8 Å². The molecule has 0 aromatic carbocycles. The predicted molar refractivity (Wildman–Crippen MR) is 69.2 cm³/mol. The molecule has 0 saturated carbocycles. The van der Waals surface area contributed by atoms with E-state index >= 15 is 0 Å². The number of thioether (sulfide) groups is 1. The van der Waals surface area contributed by atoms with Crippen LogP contribution in [0.4, 0.5) is 0 Å². The summed E-state index contributed by atoms with van der Waals surface area (Å²) in [6.07, 6.45) is 2.61. The first kappa shape index (κ1) is 14.3. The quantitative estimate of drug-likeness (QED) is 0.624. The van der Waals surface area contributed by atoms with Gasteiger partial charge in [0, 0.05) is 12.6 Å². The molecule has 0 heterocycles. The Bertz CT molecular complexity index is 136. The molecule has 0 rings (SSSR count). The lowest BCUT2D eigenvalue weighted by Crippen LogP contribution is -2.35. The summed E-state index contributed by atoms with van der Waals surface area (Å²) in [5.74, 6) is 2.55. The topological polar surface area (TPSA) is 12.0 Å². The molecule has 0 fully saturated rings. The number of nitrogens with one attached hydrogen (secondary N) is 1. The van der Waals surface area contributed by atoms with Crippen LogP contribution in [-0.2, 0) is 0 Å². The van der Waals surface area contributed by atoms with E-state index in [0.29, 0.717) is 11.5 Å². The molecule has 0 bridgehead atoms. The molecular weight excluding hydrogens is 190 g/mol. The van der Waals surface area contributed by atoms with E-state index in [-0.39, 0.29) is 0 Å². The molecule has 0 radical (unpaired) electrons. The minimum Gasteiger partial charge on any atom is -0.314 e. The second-order valence-corrected chi connectivity index (χ2v) is 6.04. The van der Waals surface area contributed by atoms with Crippen molar-refractivity contribution in [2.24, 2.45) is 5.41 Å². The monoisotopic (exact) mass is 217 g/mol. The Morgan fingerprint density at radius 1 is 1.29 bits per heavy atom. The minimum atomic E-state index is 0.493. The summed E-state index contributed by atoms with van der Waals surface area (Å²) in [5.41, 5.74) is 0.493. The average molecular weight is 217 g/mol. The third-order valence-corrected chi connectivity index (χ3v) is 3.75. The van der Waals surface area contributed by atoms with Crippen molar-refractivity contribution in [1.82, 2.24) is 5.32 Å². The summed E-state index contributed by atoms with van der Waals surface area (Å²) in [7, 11) is 0. The van der Waals surface area contributed by atoms with E-state index in [1.807, 2.05) is 0 Å². The molecule has 0 aliphatic rings. The molecule has 1 unspecified atom stereocenters. The van der Waals surface area contributed by atoms with Crippen LogP contribution in [0.25, 0.3) is 0 Å². The maximum Gasteiger partial charge on any atom is 0.00106 e. The summed E-state index contributed by atoms with van der Waals surface area (Å²) in [4.78, 5) is 0. The highest BCUT2D eigenvalue weighted by molar-refractivity contribution is 7.99. The van der Waals surface area contributed by atoms with E-state index in [2.05, 4.69) is 51.7 Å². The maximum atomic E-state index is 3.55. The fourth-order valence-corrected chi connectivity index (χ4v) is 2.23. The van der Waals surface area contributed by atoms with Gasteiger partial charge in [0.15, 0.2) is 0 Å². The molecule has 0 spiro atoms. The summed E-state index contributed by atoms with van der Waals surface area (Å²) in [6, 6.07) is 0.611. The van der Waals surface area contributed by atoms with E-state index in [1.165, 1.54) is 24.3 Å². The Hall–Kier alpha value is 0.310. The first-order chi connectivity index (χ1) is 6.54. The van der Waals surface area contributed by atoms with E-state index in [1.54, 1.807) is 0 Å². The highest BCUT2D eigenvalue weighted by Gasteiger charge is 2.21. The highest BCUT2D eigenvalue weighted by atomic mass is 32.2. The Morgan fingerprint density at radius 2 is 1.93 bits per heavy atom. The minimum absolute atomic E-state index is 0.493. The second-order valence-electron chi connectivity index (χ2n) is 4.65. The summed E-state index contributed by atoms with van der Waals surface area (Å²) in [6.45, 7) is 12.5. The molecule has 86 valence electrons. The van der Waals surface area contributed by atoms with Gasteiger partial charge in [-0.1, -0.05) is 34.6 Å². The zero-order chi connectivity index (χ0) is 11.0. The molecule has 1 N–H and O–H groups in total. The largest absolute Gasteiger partial charge is 0.314 e. The van der Waals surface area contributed by atoms with Gasteiger partial charge in [-0.05, 0) is 29.8 Å². The molecule has 1 atom stereocenters. The molecule has 0 aliphatic carbocycles. The molecule has 0 aromatic rings. The van der Waals surface area contributed by atoms with Crippen molar-refractivity contribution in [1.29, 1.82) is 0 Å². The molecule has 2 heteroatoms. The number of rotatable bonds is 8. The summed E-state index contributed by atoms with van der Waals surface area (Å²) >= 11 is 2.06. The zero-order valence-electron chi connectivity index (χ0n) is 10.5. The van der Waals surface area contributed by atoms with Crippen molar-refractivity contribution in [2.75, 3.05) is 18.1 Å². The standard InChI is InChI=1S/C12H27NS/c1-6-12(5,8-9-14-7-2)10-13-11(3)4/h11,13H,6-10H2,1-5H3. The van der Waals surface area contributed by atoms with E-state index < -0.39 is 0 Å². The van der Waals surface area contributed by atoms with Gasteiger partial charge >= 0.3 is 0 Å². The van der Waals surface area contributed by atoms with Gasteiger partial charge in [-0.3, -0.25) is 0 Å². The van der Waals surface area contributed by atoms with Crippen LogP contribution in [-0.4, -0.2) is 24.1 Å². The molecular formula is C12H27NS.